The van der Waals surface area contributed by atoms with Crippen LogP contribution in [-0.4, -0.2) is 22.4 Å². The van der Waals surface area contributed by atoms with Gasteiger partial charge in [0, 0.05) is 18.9 Å². The van der Waals surface area contributed by atoms with Gasteiger partial charge in [-0.15, -0.1) is 0 Å². The first-order chi connectivity index (χ1) is 5.31. The molecule has 0 aromatic carbocycles. The van der Waals surface area contributed by atoms with E-state index in [1.54, 1.807) is 0 Å². The number of nitrogens with one attached hydrogen (secondary N) is 3. The van der Waals surface area contributed by atoms with Gasteiger partial charge in [-0.2, -0.15) is 0 Å². The van der Waals surface area contributed by atoms with Gasteiger partial charge < -0.3 is 15.8 Å². The highest BCUT2D eigenvalue weighted by molar-refractivity contribution is 5.88. The van der Waals surface area contributed by atoms with E-state index in [9.17, 15) is 0 Å². The molecule has 0 fully saturated rings. The fourth-order valence-electron chi connectivity index (χ4n) is 0.841. The number of imidazole rings is 1. The van der Waals surface area contributed by atoms with Crippen LogP contribution in [-0.2, 0) is 6.42 Å². The van der Waals surface area contributed by atoms with Gasteiger partial charge in [-0.05, 0) is 0 Å². The summed E-state index contributed by atoms with van der Waals surface area (Å²) in [6.45, 7) is 1.97. The Bertz CT molecular complexity index is 248. The van der Waals surface area contributed by atoms with E-state index in [1.807, 2.05) is 6.92 Å². The van der Waals surface area contributed by atoms with Gasteiger partial charge in [0.05, 0.1) is 5.69 Å². The van der Waals surface area contributed by atoms with E-state index in [-0.39, 0.29) is 0 Å². The Balaban J connectivity index is 3.11. The second-order valence-electron chi connectivity index (χ2n) is 2.12. The molecule has 0 bridgehead atoms. The molecule has 0 aliphatic heterocycles. The molecule has 0 aliphatic carbocycles. The highest BCUT2D eigenvalue weighted by Crippen LogP contribution is 2.00. The summed E-state index contributed by atoms with van der Waals surface area (Å²) >= 11 is 0. The molecule has 4 heteroatoms. The Kier molecular flexibility index (Phi) is 2.15. The van der Waals surface area contributed by atoms with Gasteiger partial charge in [-0.25, -0.2) is 4.98 Å². The third-order valence-electron chi connectivity index (χ3n) is 1.43. The van der Waals surface area contributed by atoms with Crippen molar-refractivity contribution in [3.8, 4) is 0 Å². The number of nitrogens with zero attached hydrogens (tertiary/aromatic N) is 1. The Hall–Kier alpha value is -1.45. The van der Waals surface area contributed by atoms with Gasteiger partial charge in [0.1, 0.15) is 11.5 Å². The molecule has 11 heavy (non-hydrogen) atoms. The molecular formula is C7H10N4. The lowest BCUT2D eigenvalue weighted by Gasteiger charge is -1.82. The maximum absolute atomic E-state index is 6.98. The molecule has 1 rings (SSSR count). The zero-order valence-corrected chi connectivity index (χ0v) is 6.31. The number of hydrogen-bond donors (Lipinski definition) is 3. The summed E-state index contributed by atoms with van der Waals surface area (Å²) in [5.74, 6) is 0.821. The summed E-state index contributed by atoms with van der Waals surface area (Å²) in [6, 6.07) is 0. The fourth-order valence-corrected chi connectivity index (χ4v) is 0.841. The Morgan fingerprint density at radius 3 is 2.55 bits per heavy atom. The van der Waals surface area contributed by atoms with Gasteiger partial charge >= 0.3 is 0 Å². The molecule has 1 aromatic heterocycles. The highest BCUT2D eigenvalue weighted by Gasteiger charge is 2.02. The number of rotatable bonds is 3. The van der Waals surface area contributed by atoms with Crippen LogP contribution in [0.1, 0.15) is 24.1 Å². The quantitative estimate of drug-likeness (QED) is 0.551. The largest absolute Gasteiger partial charge is 0.341 e. The van der Waals surface area contributed by atoms with Crippen molar-refractivity contribution in [1.29, 1.82) is 10.8 Å². The monoisotopic (exact) mass is 150 g/mol. The van der Waals surface area contributed by atoms with E-state index in [1.165, 1.54) is 6.21 Å². The van der Waals surface area contributed by atoms with Crippen molar-refractivity contribution in [3.05, 3.63) is 17.2 Å². The van der Waals surface area contributed by atoms with E-state index < -0.39 is 0 Å². The van der Waals surface area contributed by atoms with E-state index in [2.05, 4.69) is 9.97 Å². The standard InChI is InChI=1S/C7H10N4/c1-2-7-10-5(3-8)6(4-9)11-7/h3-4,8-9H,2H2,1H3,(H,10,11). The van der Waals surface area contributed by atoms with Crippen molar-refractivity contribution in [2.75, 3.05) is 0 Å². The summed E-state index contributed by atoms with van der Waals surface area (Å²) < 4.78 is 0. The van der Waals surface area contributed by atoms with Crippen LogP contribution in [0.4, 0.5) is 0 Å². The van der Waals surface area contributed by atoms with Crippen LogP contribution in [0.5, 0.6) is 0 Å². The molecule has 0 unspecified atom stereocenters. The smallest absolute Gasteiger partial charge is 0.108 e. The number of aryl methyl sites for hydroxylation is 1. The number of aromatic amines is 1. The summed E-state index contributed by atoms with van der Waals surface area (Å²) in [4.78, 5) is 6.99. The van der Waals surface area contributed by atoms with Crippen molar-refractivity contribution in [2.24, 2.45) is 0 Å². The predicted octanol–water partition coefficient (Wildman–Crippen LogP) is 0.967. The van der Waals surface area contributed by atoms with E-state index in [4.69, 9.17) is 10.8 Å². The number of H-pyrrole nitrogens is 1. The molecule has 0 radical (unpaired) electrons. The summed E-state index contributed by atoms with van der Waals surface area (Å²) in [7, 11) is 0. The molecule has 0 aliphatic rings. The molecule has 0 saturated heterocycles. The molecule has 0 atom stereocenters. The van der Waals surface area contributed by atoms with Crippen molar-refractivity contribution in [1.82, 2.24) is 9.97 Å². The van der Waals surface area contributed by atoms with Gasteiger partial charge in [-0.1, -0.05) is 6.92 Å². The number of hydrogen-bond acceptors (Lipinski definition) is 3. The van der Waals surface area contributed by atoms with Crippen molar-refractivity contribution >= 4 is 12.4 Å². The molecule has 58 valence electrons. The minimum atomic E-state index is 0.539. The minimum Gasteiger partial charge on any atom is -0.341 e. The Morgan fingerprint density at radius 1 is 1.45 bits per heavy atom. The molecule has 0 spiro atoms. The third-order valence-corrected chi connectivity index (χ3v) is 1.43. The SMILES string of the molecule is CCc1nc(C=N)c(C=N)[nH]1. The summed E-state index contributed by atoms with van der Waals surface area (Å²) in [5, 5.41) is 13.9. The van der Waals surface area contributed by atoms with Crippen LogP contribution >= 0.6 is 0 Å². The molecule has 0 saturated carbocycles. The van der Waals surface area contributed by atoms with Crippen molar-refractivity contribution in [3.63, 3.8) is 0 Å². The average molecular weight is 150 g/mol. The molecule has 1 aromatic rings. The van der Waals surface area contributed by atoms with Gasteiger partial charge in [0.2, 0.25) is 0 Å². The maximum atomic E-state index is 6.98. The van der Waals surface area contributed by atoms with Crippen LogP contribution in [0.25, 0.3) is 0 Å². The molecule has 4 nitrogen and oxygen atoms in total. The first kappa shape index (κ1) is 7.65. The van der Waals surface area contributed by atoms with E-state index >= 15 is 0 Å². The van der Waals surface area contributed by atoms with Gasteiger partial charge in [-0.3, -0.25) is 0 Å². The lowest BCUT2D eigenvalue weighted by molar-refractivity contribution is 0.987. The maximum Gasteiger partial charge on any atom is 0.108 e. The molecule has 1 heterocycles. The molecule has 3 N–H and O–H groups in total. The van der Waals surface area contributed by atoms with Crippen LogP contribution < -0.4 is 0 Å². The lowest BCUT2D eigenvalue weighted by atomic mass is 10.4. The molecule has 0 amide bonds. The average Bonchev–Trinajstić information content (AvgIpc) is 2.46. The normalized spacial score (nSPS) is 9.55. The van der Waals surface area contributed by atoms with Crippen LogP contribution in [0.3, 0.4) is 0 Å². The fraction of sp³-hybridized carbons (Fsp3) is 0.286. The van der Waals surface area contributed by atoms with Crippen LogP contribution in [0, 0.1) is 10.8 Å². The third kappa shape index (κ3) is 1.34. The predicted molar refractivity (Wildman–Crippen MR) is 43.7 cm³/mol. The van der Waals surface area contributed by atoms with Gasteiger partial charge in [0.25, 0.3) is 0 Å². The molecular weight excluding hydrogens is 140 g/mol. The van der Waals surface area contributed by atoms with E-state index in [0.29, 0.717) is 11.4 Å². The van der Waals surface area contributed by atoms with Crippen LogP contribution in [0.15, 0.2) is 0 Å². The summed E-state index contributed by atoms with van der Waals surface area (Å²) in [5.41, 5.74) is 1.15. The Morgan fingerprint density at radius 2 is 2.18 bits per heavy atom. The second kappa shape index (κ2) is 3.09. The first-order valence-corrected chi connectivity index (χ1v) is 3.41. The second-order valence-corrected chi connectivity index (χ2v) is 2.12. The summed E-state index contributed by atoms with van der Waals surface area (Å²) in [6.07, 6.45) is 3.12. The van der Waals surface area contributed by atoms with E-state index in [0.717, 1.165) is 18.5 Å². The van der Waals surface area contributed by atoms with Crippen molar-refractivity contribution < 1.29 is 0 Å². The van der Waals surface area contributed by atoms with Crippen LogP contribution in [0.2, 0.25) is 0 Å². The Labute approximate surface area is 64.7 Å². The lowest BCUT2D eigenvalue weighted by Crippen LogP contribution is -1.86. The first-order valence-electron chi connectivity index (χ1n) is 3.41. The zero-order valence-electron chi connectivity index (χ0n) is 6.31. The van der Waals surface area contributed by atoms with Crippen molar-refractivity contribution in [2.45, 2.75) is 13.3 Å². The zero-order chi connectivity index (χ0) is 8.27. The minimum absolute atomic E-state index is 0.539. The van der Waals surface area contributed by atoms with Gasteiger partial charge in [0.15, 0.2) is 0 Å². The highest BCUT2D eigenvalue weighted by atomic mass is 14.9. The topological polar surface area (TPSA) is 76.4 Å². The number of aromatic nitrogens is 2.